The largest absolute Gasteiger partial charge is 0.482 e. The third-order valence-electron chi connectivity index (χ3n) is 2.45. The Labute approximate surface area is 119 Å². The fraction of sp³-hybridized carbons (Fsp3) is 0.333. The summed E-state index contributed by atoms with van der Waals surface area (Å²) in [6.45, 7) is 3.85. The van der Waals surface area contributed by atoms with E-state index in [2.05, 4.69) is 10.2 Å². The van der Waals surface area contributed by atoms with E-state index in [1.54, 1.807) is 0 Å². The van der Waals surface area contributed by atoms with Crippen molar-refractivity contribution in [3.05, 3.63) is 45.1 Å². The molecule has 8 heteroatoms. The molecule has 0 fully saturated rings. The van der Waals surface area contributed by atoms with Crippen LogP contribution in [0.15, 0.2) is 22.6 Å². The van der Waals surface area contributed by atoms with Gasteiger partial charge in [0.05, 0.1) is 16.0 Å². The number of hydrogen-bond acceptors (Lipinski definition) is 6. The molecular weight excluding hydrogens is 286 g/mol. The summed E-state index contributed by atoms with van der Waals surface area (Å²) in [7, 11) is 0. The fourth-order valence-corrected chi connectivity index (χ4v) is 1.59. The average Bonchev–Trinajstić information content (AvgIpc) is 2.86. The molecule has 0 saturated carbocycles. The Bertz CT molecular complexity index is 627. The first-order chi connectivity index (χ1) is 9.47. The van der Waals surface area contributed by atoms with Gasteiger partial charge in [-0.05, 0) is 6.07 Å². The minimum absolute atomic E-state index is 0.000603. The van der Waals surface area contributed by atoms with Crippen molar-refractivity contribution in [1.82, 2.24) is 10.2 Å². The van der Waals surface area contributed by atoms with Crippen LogP contribution >= 0.6 is 11.6 Å². The Kier molecular flexibility index (Phi) is 4.19. The smallest absolute Gasteiger partial charge is 0.273 e. The van der Waals surface area contributed by atoms with Crippen LogP contribution in [0.25, 0.3) is 0 Å². The first-order valence-electron chi connectivity index (χ1n) is 5.86. The first-order valence-corrected chi connectivity index (χ1v) is 6.24. The zero-order valence-electron chi connectivity index (χ0n) is 10.9. The summed E-state index contributed by atoms with van der Waals surface area (Å²) in [6.07, 6.45) is 0. The second-order valence-electron chi connectivity index (χ2n) is 4.35. The lowest BCUT2D eigenvalue weighted by molar-refractivity contribution is -0.384. The molecule has 0 amide bonds. The quantitative estimate of drug-likeness (QED) is 0.621. The van der Waals surface area contributed by atoms with Gasteiger partial charge < -0.3 is 9.15 Å². The molecule has 7 nitrogen and oxygen atoms in total. The summed E-state index contributed by atoms with van der Waals surface area (Å²) >= 11 is 5.91. The number of nitro benzene ring substituents is 1. The van der Waals surface area contributed by atoms with Gasteiger partial charge in [0.25, 0.3) is 11.6 Å². The second kappa shape index (κ2) is 5.87. The van der Waals surface area contributed by atoms with Crippen molar-refractivity contribution < 1.29 is 14.1 Å². The average molecular weight is 298 g/mol. The van der Waals surface area contributed by atoms with Crippen molar-refractivity contribution in [2.24, 2.45) is 0 Å². The summed E-state index contributed by atoms with van der Waals surface area (Å²) in [5.74, 6) is 1.12. The lowest BCUT2D eigenvalue weighted by Gasteiger charge is -2.05. The third kappa shape index (κ3) is 3.24. The maximum atomic E-state index is 10.7. The van der Waals surface area contributed by atoms with Crippen LogP contribution in [0.3, 0.4) is 0 Å². The molecule has 1 aromatic carbocycles. The molecule has 1 aromatic heterocycles. The van der Waals surface area contributed by atoms with Gasteiger partial charge in [-0.25, -0.2) is 0 Å². The van der Waals surface area contributed by atoms with Crippen molar-refractivity contribution in [2.45, 2.75) is 26.4 Å². The normalized spacial score (nSPS) is 10.8. The van der Waals surface area contributed by atoms with E-state index >= 15 is 0 Å². The van der Waals surface area contributed by atoms with Crippen LogP contribution in [-0.4, -0.2) is 15.1 Å². The molecule has 106 valence electrons. The molecule has 0 atom stereocenters. The fourth-order valence-electron chi connectivity index (χ4n) is 1.41. The molecule has 0 spiro atoms. The van der Waals surface area contributed by atoms with E-state index in [4.69, 9.17) is 20.8 Å². The van der Waals surface area contributed by atoms with E-state index in [1.165, 1.54) is 18.2 Å². The van der Waals surface area contributed by atoms with E-state index in [1.807, 2.05) is 13.8 Å². The summed E-state index contributed by atoms with van der Waals surface area (Å²) < 4.78 is 10.7. The van der Waals surface area contributed by atoms with Gasteiger partial charge in [-0.1, -0.05) is 25.4 Å². The number of benzene rings is 1. The molecule has 0 N–H and O–H groups in total. The molecule has 0 saturated heterocycles. The number of ether oxygens (including phenoxy) is 1. The molecule has 0 aliphatic carbocycles. The molecule has 2 aromatic rings. The zero-order valence-corrected chi connectivity index (χ0v) is 11.6. The Morgan fingerprint density at radius 3 is 2.80 bits per heavy atom. The van der Waals surface area contributed by atoms with Gasteiger partial charge >= 0.3 is 0 Å². The Hall–Kier alpha value is -2.15. The van der Waals surface area contributed by atoms with Crippen LogP contribution in [-0.2, 0) is 6.61 Å². The number of rotatable bonds is 5. The van der Waals surface area contributed by atoms with E-state index in [9.17, 15) is 10.1 Å². The molecule has 0 aliphatic rings. The third-order valence-corrected chi connectivity index (χ3v) is 2.77. The Morgan fingerprint density at radius 1 is 1.45 bits per heavy atom. The Balaban J connectivity index is 2.09. The number of non-ortho nitro benzene ring substituents is 1. The lowest BCUT2D eigenvalue weighted by Crippen LogP contribution is -1.97. The van der Waals surface area contributed by atoms with Crippen molar-refractivity contribution in [1.29, 1.82) is 0 Å². The molecule has 2 rings (SSSR count). The van der Waals surface area contributed by atoms with Crippen LogP contribution < -0.4 is 4.74 Å². The highest BCUT2D eigenvalue weighted by atomic mass is 35.5. The van der Waals surface area contributed by atoms with Gasteiger partial charge in [-0.15, -0.1) is 10.2 Å². The predicted molar refractivity (Wildman–Crippen MR) is 70.8 cm³/mol. The van der Waals surface area contributed by atoms with Crippen LogP contribution in [0.1, 0.15) is 31.5 Å². The van der Waals surface area contributed by atoms with Crippen LogP contribution in [0.4, 0.5) is 5.69 Å². The van der Waals surface area contributed by atoms with E-state index in [0.29, 0.717) is 5.89 Å². The minimum Gasteiger partial charge on any atom is -0.482 e. The van der Waals surface area contributed by atoms with E-state index < -0.39 is 4.92 Å². The highest BCUT2D eigenvalue weighted by molar-refractivity contribution is 6.32. The van der Waals surface area contributed by atoms with Gasteiger partial charge in [-0.3, -0.25) is 10.1 Å². The molecule has 0 aliphatic heterocycles. The van der Waals surface area contributed by atoms with Crippen molar-refractivity contribution in [3.63, 3.8) is 0 Å². The monoisotopic (exact) mass is 297 g/mol. The van der Waals surface area contributed by atoms with Gasteiger partial charge in [0.2, 0.25) is 5.89 Å². The van der Waals surface area contributed by atoms with Gasteiger partial charge in [0, 0.05) is 12.0 Å². The van der Waals surface area contributed by atoms with E-state index in [0.717, 1.165) is 0 Å². The minimum atomic E-state index is -0.521. The maximum absolute atomic E-state index is 10.7. The molecule has 0 unspecified atom stereocenters. The number of nitrogens with zero attached hydrogens (tertiary/aromatic N) is 3. The summed E-state index contributed by atoms with van der Waals surface area (Å²) in [6, 6.07) is 3.96. The van der Waals surface area contributed by atoms with Gasteiger partial charge in [0.1, 0.15) is 5.75 Å². The van der Waals surface area contributed by atoms with Gasteiger partial charge in [0.15, 0.2) is 6.61 Å². The highest BCUT2D eigenvalue weighted by Crippen LogP contribution is 2.29. The molecular formula is C12H12ClN3O4. The van der Waals surface area contributed by atoms with Crippen LogP contribution in [0.5, 0.6) is 5.75 Å². The standard InChI is InChI=1S/C12H12ClN3O4/c1-7(2)12-15-14-11(20-12)6-19-10-5-8(16(17)18)3-4-9(10)13/h3-5,7H,6H2,1-2H3. The Morgan fingerprint density at radius 2 is 2.20 bits per heavy atom. The maximum Gasteiger partial charge on any atom is 0.273 e. The number of hydrogen-bond donors (Lipinski definition) is 0. The summed E-state index contributed by atoms with van der Waals surface area (Å²) in [5.41, 5.74) is -0.0993. The number of halogens is 1. The zero-order chi connectivity index (χ0) is 14.7. The van der Waals surface area contributed by atoms with E-state index in [-0.39, 0.29) is 34.9 Å². The number of aromatic nitrogens is 2. The van der Waals surface area contributed by atoms with Crippen LogP contribution in [0, 0.1) is 10.1 Å². The predicted octanol–water partition coefficient (Wildman–Crippen LogP) is 3.33. The SMILES string of the molecule is CC(C)c1nnc(COc2cc([N+](=O)[O-])ccc2Cl)o1. The van der Waals surface area contributed by atoms with Crippen molar-refractivity contribution in [2.75, 3.05) is 0 Å². The second-order valence-corrected chi connectivity index (χ2v) is 4.76. The summed E-state index contributed by atoms with van der Waals surface area (Å²) in [4.78, 5) is 10.2. The van der Waals surface area contributed by atoms with Crippen molar-refractivity contribution in [3.8, 4) is 5.75 Å². The highest BCUT2D eigenvalue weighted by Gasteiger charge is 2.13. The lowest BCUT2D eigenvalue weighted by atomic mass is 10.2. The topological polar surface area (TPSA) is 91.3 Å². The van der Waals surface area contributed by atoms with Crippen molar-refractivity contribution >= 4 is 17.3 Å². The molecule has 20 heavy (non-hydrogen) atoms. The summed E-state index contributed by atoms with van der Waals surface area (Å²) in [5, 5.41) is 18.6. The first kappa shape index (κ1) is 14.3. The number of nitro groups is 1. The molecule has 0 bridgehead atoms. The molecule has 1 heterocycles. The molecule has 0 radical (unpaired) electrons. The van der Waals surface area contributed by atoms with Gasteiger partial charge in [-0.2, -0.15) is 0 Å². The van der Waals surface area contributed by atoms with Crippen LogP contribution in [0.2, 0.25) is 5.02 Å².